The Morgan fingerprint density at radius 3 is 2.75 bits per heavy atom. The van der Waals surface area contributed by atoms with Crippen LogP contribution in [0.3, 0.4) is 0 Å². The van der Waals surface area contributed by atoms with Crippen LogP contribution in [0.1, 0.15) is 39.5 Å². The van der Waals surface area contributed by atoms with E-state index >= 15 is 0 Å². The zero-order chi connectivity index (χ0) is 8.98. The lowest BCUT2D eigenvalue weighted by Crippen LogP contribution is -2.37. The first kappa shape index (κ1) is 8.24. The van der Waals surface area contributed by atoms with E-state index < -0.39 is 5.60 Å². The molecule has 2 aliphatic rings. The summed E-state index contributed by atoms with van der Waals surface area (Å²) in [5.74, 6) is 0.959. The van der Waals surface area contributed by atoms with Gasteiger partial charge in [-0.05, 0) is 32.6 Å². The zero-order valence-electron chi connectivity index (χ0n) is 7.76. The highest BCUT2D eigenvalue weighted by Gasteiger charge is 2.64. The number of fused-ring (bicyclic) bond motifs is 1. The number of hydrogen-bond acceptors (Lipinski definition) is 2. The number of Topliss-reactive ketones (excluding diaryl/α,β-unsaturated/α-hetero) is 1. The summed E-state index contributed by atoms with van der Waals surface area (Å²) in [4.78, 5) is 11.2. The van der Waals surface area contributed by atoms with Crippen molar-refractivity contribution in [2.24, 2.45) is 11.3 Å². The van der Waals surface area contributed by atoms with Gasteiger partial charge in [-0.2, -0.15) is 0 Å². The molecule has 2 atom stereocenters. The second kappa shape index (κ2) is 2.11. The van der Waals surface area contributed by atoms with Gasteiger partial charge in [0.2, 0.25) is 0 Å². The van der Waals surface area contributed by atoms with Gasteiger partial charge in [-0.15, -0.1) is 0 Å². The maximum absolute atomic E-state index is 11.2. The summed E-state index contributed by atoms with van der Waals surface area (Å²) in [7, 11) is 0. The molecule has 2 fully saturated rings. The van der Waals surface area contributed by atoms with Crippen LogP contribution in [0.4, 0.5) is 0 Å². The van der Waals surface area contributed by atoms with Crippen molar-refractivity contribution in [1.29, 1.82) is 0 Å². The summed E-state index contributed by atoms with van der Waals surface area (Å²) in [5.41, 5.74) is -0.698. The van der Waals surface area contributed by atoms with Crippen molar-refractivity contribution >= 4 is 5.78 Å². The molecule has 0 aromatic carbocycles. The Hall–Kier alpha value is -0.370. The molecule has 0 aliphatic heterocycles. The van der Waals surface area contributed by atoms with Gasteiger partial charge in [-0.3, -0.25) is 4.79 Å². The molecule has 0 saturated heterocycles. The van der Waals surface area contributed by atoms with E-state index in [2.05, 4.69) is 0 Å². The minimum absolute atomic E-state index is 0.0394. The van der Waals surface area contributed by atoms with Gasteiger partial charge in [-0.1, -0.05) is 0 Å². The minimum Gasteiger partial charge on any atom is -0.390 e. The predicted molar refractivity (Wildman–Crippen MR) is 45.7 cm³/mol. The topological polar surface area (TPSA) is 37.3 Å². The third-order valence-corrected chi connectivity index (χ3v) is 3.73. The monoisotopic (exact) mass is 168 g/mol. The van der Waals surface area contributed by atoms with Crippen molar-refractivity contribution in [3.63, 3.8) is 0 Å². The molecule has 0 aromatic heterocycles. The van der Waals surface area contributed by atoms with Gasteiger partial charge in [0.05, 0.1) is 5.60 Å². The summed E-state index contributed by atoms with van der Waals surface area (Å²) < 4.78 is 0. The standard InChI is InChI=1S/C10H16O2/c1-9(2,12)10-5-7(10)3-4-8(11)6-10/h7,12H,3-6H2,1-2H3. The van der Waals surface area contributed by atoms with Gasteiger partial charge in [0.15, 0.2) is 0 Å². The quantitative estimate of drug-likeness (QED) is 0.644. The molecule has 0 spiro atoms. The Kier molecular flexibility index (Phi) is 1.45. The molecule has 2 aliphatic carbocycles. The summed E-state index contributed by atoms with van der Waals surface area (Å²) >= 11 is 0. The van der Waals surface area contributed by atoms with Crippen LogP contribution in [-0.4, -0.2) is 16.5 Å². The van der Waals surface area contributed by atoms with Gasteiger partial charge >= 0.3 is 0 Å². The first-order chi connectivity index (χ1) is 5.46. The van der Waals surface area contributed by atoms with Gasteiger partial charge < -0.3 is 5.11 Å². The molecule has 0 aromatic rings. The number of carbonyl (C=O) groups is 1. The number of aliphatic hydroxyl groups is 1. The lowest BCUT2D eigenvalue weighted by molar-refractivity contribution is -0.126. The van der Waals surface area contributed by atoms with E-state index in [1.165, 1.54) is 0 Å². The smallest absolute Gasteiger partial charge is 0.133 e. The normalized spacial score (nSPS) is 40.9. The maximum Gasteiger partial charge on any atom is 0.133 e. The van der Waals surface area contributed by atoms with Crippen LogP contribution in [0, 0.1) is 11.3 Å². The van der Waals surface area contributed by atoms with Crippen LogP contribution in [0.5, 0.6) is 0 Å². The summed E-state index contributed by atoms with van der Waals surface area (Å²) in [6.45, 7) is 3.68. The fraction of sp³-hybridized carbons (Fsp3) is 0.900. The third kappa shape index (κ3) is 0.939. The Morgan fingerprint density at radius 1 is 1.58 bits per heavy atom. The predicted octanol–water partition coefficient (Wildman–Crippen LogP) is 1.52. The van der Waals surface area contributed by atoms with Gasteiger partial charge in [0.1, 0.15) is 5.78 Å². The molecule has 2 saturated carbocycles. The molecular formula is C10H16O2. The fourth-order valence-electron chi connectivity index (χ4n) is 2.72. The highest BCUT2D eigenvalue weighted by molar-refractivity contribution is 5.81. The second-order valence-corrected chi connectivity index (χ2v) is 4.87. The lowest BCUT2D eigenvalue weighted by Gasteiger charge is -2.32. The zero-order valence-corrected chi connectivity index (χ0v) is 7.76. The molecule has 0 bridgehead atoms. The first-order valence-corrected chi connectivity index (χ1v) is 4.70. The van der Waals surface area contributed by atoms with Crippen LogP contribution < -0.4 is 0 Å². The Morgan fingerprint density at radius 2 is 2.25 bits per heavy atom. The van der Waals surface area contributed by atoms with E-state index in [1.54, 1.807) is 0 Å². The van der Waals surface area contributed by atoms with Crippen LogP contribution in [0.2, 0.25) is 0 Å². The lowest BCUT2D eigenvalue weighted by atomic mass is 9.76. The van der Waals surface area contributed by atoms with Gasteiger partial charge in [0, 0.05) is 18.3 Å². The SMILES string of the molecule is CC(C)(O)C12CC(=O)CCC1C2. The van der Waals surface area contributed by atoms with Crippen LogP contribution in [0.25, 0.3) is 0 Å². The number of hydrogen-bond donors (Lipinski definition) is 1. The largest absolute Gasteiger partial charge is 0.390 e. The van der Waals surface area contributed by atoms with E-state index in [0.29, 0.717) is 18.1 Å². The van der Waals surface area contributed by atoms with Gasteiger partial charge in [0.25, 0.3) is 0 Å². The molecule has 0 amide bonds. The average molecular weight is 168 g/mol. The van der Waals surface area contributed by atoms with Crippen molar-refractivity contribution in [1.82, 2.24) is 0 Å². The van der Waals surface area contributed by atoms with E-state index in [9.17, 15) is 9.90 Å². The Balaban J connectivity index is 2.19. The number of ketones is 1. The van der Waals surface area contributed by atoms with E-state index in [0.717, 1.165) is 19.3 Å². The first-order valence-electron chi connectivity index (χ1n) is 4.70. The fourth-order valence-corrected chi connectivity index (χ4v) is 2.72. The molecular weight excluding hydrogens is 152 g/mol. The summed E-state index contributed by atoms with van der Waals surface area (Å²) in [5, 5.41) is 9.91. The molecule has 2 heteroatoms. The molecule has 0 radical (unpaired) electrons. The second-order valence-electron chi connectivity index (χ2n) is 4.87. The van der Waals surface area contributed by atoms with Gasteiger partial charge in [-0.25, -0.2) is 0 Å². The Bertz CT molecular complexity index is 226. The van der Waals surface area contributed by atoms with Crippen molar-refractivity contribution in [2.75, 3.05) is 0 Å². The molecule has 0 heterocycles. The maximum atomic E-state index is 11.2. The van der Waals surface area contributed by atoms with Crippen molar-refractivity contribution < 1.29 is 9.90 Å². The molecule has 1 N–H and O–H groups in total. The highest BCUT2D eigenvalue weighted by atomic mass is 16.3. The number of rotatable bonds is 1. The summed E-state index contributed by atoms with van der Waals surface area (Å²) in [6.07, 6.45) is 3.41. The molecule has 2 unspecified atom stereocenters. The number of carbonyl (C=O) groups excluding carboxylic acids is 1. The molecule has 12 heavy (non-hydrogen) atoms. The summed E-state index contributed by atoms with van der Waals surface area (Å²) in [6, 6.07) is 0. The highest BCUT2D eigenvalue weighted by Crippen LogP contribution is 2.65. The van der Waals surface area contributed by atoms with Crippen molar-refractivity contribution in [2.45, 2.75) is 45.1 Å². The Labute approximate surface area is 73.0 Å². The van der Waals surface area contributed by atoms with Crippen molar-refractivity contribution in [3.8, 4) is 0 Å². The molecule has 2 nitrogen and oxygen atoms in total. The van der Waals surface area contributed by atoms with E-state index in [1.807, 2.05) is 13.8 Å². The molecule has 68 valence electrons. The van der Waals surface area contributed by atoms with Crippen LogP contribution in [0.15, 0.2) is 0 Å². The third-order valence-electron chi connectivity index (χ3n) is 3.73. The van der Waals surface area contributed by atoms with Crippen molar-refractivity contribution in [3.05, 3.63) is 0 Å². The average Bonchev–Trinajstić information content (AvgIpc) is 2.60. The van der Waals surface area contributed by atoms with Crippen LogP contribution in [-0.2, 0) is 4.79 Å². The minimum atomic E-state index is -0.659. The van der Waals surface area contributed by atoms with Crippen LogP contribution >= 0.6 is 0 Å². The molecule has 2 rings (SSSR count). The van der Waals surface area contributed by atoms with E-state index in [4.69, 9.17) is 0 Å². The van der Waals surface area contributed by atoms with E-state index in [-0.39, 0.29) is 5.41 Å².